The van der Waals surface area contributed by atoms with Crippen LogP contribution in [0.1, 0.15) is 66.7 Å². The third kappa shape index (κ3) is 7.91. The van der Waals surface area contributed by atoms with Crippen LogP contribution in [0.3, 0.4) is 0 Å². The summed E-state index contributed by atoms with van der Waals surface area (Å²) in [6.07, 6.45) is 6.27. The van der Waals surface area contributed by atoms with E-state index >= 15 is 0 Å². The van der Waals surface area contributed by atoms with Crippen molar-refractivity contribution in [3.05, 3.63) is 0 Å². The number of rotatable bonds is 9. The number of nitrogens with zero attached hydrogens (tertiary/aromatic N) is 1. The quantitative estimate of drug-likeness (QED) is 0.633. The number of nitrogens with one attached hydrogen (secondary N) is 1. The predicted molar refractivity (Wildman–Crippen MR) is 86.0 cm³/mol. The van der Waals surface area contributed by atoms with Gasteiger partial charge in [0.2, 0.25) is 0 Å². The SMILES string of the molecule is CCCCC(C)NC(=S)N(CC)CC(C)CCC. The average Bonchev–Trinajstić information content (AvgIpc) is 2.33. The van der Waals surface area contributed by atoms with Crippen LogP contribution in [0.15, 0.2) is 0 Å². The van der Waals surface area contributed by atoms with Crippen molar-refractivity contribution in [3.63, 3.8) is 0 Å². The second-order valence-electron chi connectivity index (χ2n) is 5.43. The average molecular weight is 273 g/mol. The van der Waals surface area contributed by atoms with Gasteiger partial charge < -0.3 is 10.2 Å². The maximum absolute atomic E-state index is 5.52. The Labute approximate surface area is 120 Å². The third-order valence-electron chi connectivity index (χ3n) is 3.34. The molecule has 0 spiro atoms. The number of hydrogen-bond acceptors (Lipinski definition) is 1. The van der Waals surface area contributed by atoms with Gasteiger partial charge in [-0.1, -0.05) is 40.0 Å². The van der Waals surface area contributed by atoms with E-state index in [-0.39, 0.29) is 0 Å². The molecule has 108 valence electrons. The van der Waals surface area contributed by atoms with Crippen LogP contribution in [0.4, 0.5) is 0 Å². The van der Waals surface area contributed by atoms with Gasteiger partial charge in [0.1, 0.15) is 0 Å². The molecule has 0 heterocycles. The van der Waals surface area contributed by atoms with Crippen LogP contribution < -0.4 is 5.32 Å². The molecule has 0 aliphatic carbocycles. The van der Waals surface area contributed by atoms with Crippen molar-refractivity contribution in [1.82, 2.24) is 10.2 Å². The minimum absolute atomic E-state index is 0.494. The lowest BCUT2D eigenvalue weighted by Gasteiger charge is -2.29. The van der Waals surface area contributed by atoms with E-state index in [1.807, 2.05) is 0 Å². The van der Waals surface area contributed by atoms with E-state index in [1.54, 1.807) is 0 Å². The Morgan fingerprint density at radius 2 is 1.78 bits per heavy atom. The molecule has 0 aliphatic heterocycles. The zero-order valence-electron chi connectivity index (χ0n) is 13.0. The molecule has 1 N–H and O–H groups in total. The van der Waals surface area contributed by atoms with E-state index in [1.165, 1.54) is 32.1 Å². The van der Waals surface area contributed by atoms with Crippen molar-refractivity contribution in [2.45, 2.75) is 72.8 Å². The molecule has 2 unspecified atom stereocenters. The Kier molecular flexibility index (Phi) is 10.4. The van der Waals surface area contributed by atoms with Crippen molar-refractivity contribution >= 4 is 17.3 Å². The Morgan fingerprint density at radius 1 is 1.11 bits per heavy atom. The lowest BCUT2D eigenvalue weighted by atomic mass is 10.1. The van der Waals surface area contributed by atoms with Crippen molar-refractivity contribution in [2.75, 3.05) is 13.1 Å². The second kappa shape index (κ2) is 10.6. The summed E-state index contributed by atoms with van der Waals surface area (Å²) in [7, 11) is 0. The van der Waals surface area contributed by atoms with Crippen molar-refractivity contribution < 1.29 is 0 Å². The molecule has 0 rings (SSSR count). The summed E-state index contributed by atoms with van der Waals surface area (Å²) in [5.74, 6) is 0.723. The molecule has 0 amide bonds. The summed E-state index contributed by atoms with van der Waals surface area (Å²) in [5, 5.41) is 4.40. The van der Waals surface area contributed by atoms with E-state index in [0.29, 0.717) is 6.04 Å². The fraction of sp³-hybridized carbons (Fsp3) is 0.933. The first-order chi connectivity index (χ1) is 8.54. The van der Waals surface area contributed by atoms with Gasteiger partial charge in [-0.3, -0.25) is 0 Å². The second-order valence-corrected chi connectivity index (χ2v) is 5.81. The molecule has 3 heteroatoms. The first-order valence-electron chi connectivity index (χ1n) is 7.60. The monoisotopic (exact) mass is 272 g/mol. The highest BCUT2D eigenvalue weighted by molar-refractivity contribution is 7.80. The highest BCUT2D eigenvalue weighted by Gasteiger charge is 2.13. The number of thiocarbonyl (C=S) groups is 1. The molecule has 0 aromatic heterocycles. The largest absolute Gasteiger partial charge is 0.360 e. The molecule has 0 radical (unpaired) electrons. The van der Waals surface area contributed by atoms with Gasteiger partial charge in [0.25, 0.3) is 0 Å². The van der Waals surface area contributed by atoms with Crippen LogP contribution in [0, 0.1) is 5.92 Å². The molecule has 2 nitrogen and oxygen atoms in total. The smallest absolute Gasteiger partial charge is 0.169 e. The summed E-state index contributed by atoms with van der Waals surface area (Å²) < 4.78 is 0. The van der Waals surface area contributed by atoms with Crippen LogP contribution in [-0.2, 0) is 0 Å². The molecule has 2 atom stereocenters. The van der Waals surface area contributed by atoms with Crippen molar-refractivity contribution in [3.8, 4) is 0 Å². The molecule has 18 heavy (non-hydrogen) atoms. The molecular weight excluding hydrogens is 240 g/mol. The molecule has 0 saturated carbocycles. The maximum Gasteiger partial charge on any atom is 0.169 e. The highest BCUT2D eigenvalue weighted by atomic mass is 32.1. The topological polar surface area (TPSA) is 15.3 Å². The zero-order chi connectivity index (χ0) is 14.0. The zero-order valence-corrected chi connectivity index (χ0v) is 13.8. The van der Waals surface area contributed by atoms with Gasteiger partial charge in [0.05, 0.1) is 0 Å². The van der Waals surface area contributed by atoms with Gasteiger partial charge in [-0.05, 0) is 44.8 Å². The highest BCUT2D eigenvalue weighted by Crippen LogP contribution is 2.08. The molecule has 0 aromatic carbocycles. The summed E-state index contributed by atoms with van der Waals surface area (Å²) in [6, 6.07) is 0.494. The molecule has 0 aliphatic rings. The van der Waals surface area contributed by atoms with Gasteiger partial charge >= 0.3 is 0 Å². The van der Waals surface area contributed by atoms with Crippen LogP contribution >= 0.6 is 12.2 Å². The molecule has 0 bridgehead atoms. The Bertz CT molecular complexity index is 219. The third-order valence-corrected chi connectivity index (χ3v) is 3.72. The summed E-state index contributed by atoms with van der Waals surface area (Å²) >= 11 is 5.52. The van der Waals surface area contributed by atoms with Gasteiger partial charge in [0.15, 0.2) is 5.11 Å². The first-order valence-corrected chi connectivity index (χ1v) is 8.01. The molecule has 0 saturated heterocycles. The van der Waals surface area contributed by atoms with Crippen LogP contribution in [0.2, 0.25) is 0 Å². The van der Waals surface area contributed by atoms with E-state index in [4.69, 9.17) is 12.2 Å². The van der Waals surface area contributed by atoms with E-state index < -0.39 is 0 Å². The first kappa shape index (κ1) is 17.7. The molecular formula is C15H32N2S. The number of unbranched alkanes of at least 4 members (excludes halogenated alkanes) is 1. The van der Waals surface area contributed by atoms with Gasteiger partial charge in [0, 0.05) is 19.1 Å². The van der Waals surface area contributed by atoms with Crippen LogP contribution in [-0.4, -0.2) is 29.1 Å². The standard InChI is InChI=1S/C15H32N2S/c1-6-9-11-14(5)16-15(18)17(8-3)12-13(4)10-7-2/h13-14H,6-12H2,1-5H3,(H,16,18). The molecule has 0 fully saturated rings. The lowest BCUT2D eigenvalue weighted by Crippen LogP contribution is -2.45. The van der Waals surface area contributed by atoms with Crippen LogP contribution in [0.5, 0.6) is 0 Å². The Balaban J connectivity index is 4.09. The van der Waals surface area contributed by atoms with E-state index in [0.717, 1.165) is 24.1 Å². The van der Waals surface area contributed by atoms with E-state index in [9.17, 15) is 0 Å². The van der Waals surface area contributed by atoms with Gasteiger partial charge in [-0.25, -0.2) is 0 Å². The minimum atomic E-state index is 0.494. The van der Waals surface area contributed by atoms with E-state index in [2.05, 4.69) is 44.8 Å². The Hall–Kier alpha value is -0.310. The van der Waals surface area contributed by atoms with Gasteiger partial charge in [-0.2, -0.15) is 0 Å². The van der Waals surface area contributed by atoms with Crippen LogP contribution in [0.25, 0.3) is 0 Å². The fourth-order valence-electron chi connectivity index (χ4n) is 2.20. The lowest BCUT2D eigenvalue weighted by molar-refractivity contribution is 0.342. The van der Waals surface area contributed by atoms with Crippen molar-refractivity contribution in [2.24, 2.45) is 5.92 Å². The normalized spacial score (nSPS) is 14.1. The molecule has 0 aromatic rings. The summed E-state index contributed by atoms with van der Waals surface area (Å²) in [4.78, 5) is 2.30. The predicted octanol–water partition coefficient (Wildman–Crippen LogP) is 4.20. The van der Waals surface area contributed by atoms with Gasteiger partial charge in [-0.15, -0.1) is 0 Å². The summed E-state index contributed by atoms with van der Waals surface area (Å²) in [6.45, 7) is 13.3. The Morgan fingerprint density at radius 3 is 2.28 bits per heavy atom. The minimum Gasteiger partial charge on any atom is -0.360 e. The van der Waals surface area contributed by atoms with Crippen molar-refractivity contribution in [1.29, 1.82) is 0 Å². The number of hydrogen-bond donors (Lipinski definition) is 1. The maximum atomic E-state index is 5.52. The summed E-state index contributed by atoms with van der Waals surface area (Å²) in [5.41, 5.74) is 0. The fourth-order valence-corrected chi connectivity index (χ4v) is 2.61.